The number of benzene rings is 1. The van der Waals surface area contributed by atoms with E-state index < -0.39 is 69.8 Å². The summed E-state index contributed by atoms with van der Waals surface area (Å²) in [5, 5.41) is 31.3. The molecular formula is C42H51F6N3O7S. The van der Waals surface area contributed by atoms with E-state index in [4.69, 9.17) is 9.84 Å². The lowest BCUT2D eigenvalue weighted by Gasteiger charge is -2.45. The average molecular weight is 856 g/mol. The number of hydrogen-bond donors (Lipinski definition) is 3. The van der Waals surface area contributed by atoms with Crippen LogP contribution >= 0.6 is 11.3 Å². The standard InChI is InChI=1S/C36H46F3N3O6.C6H5F3OS/c1-3-9-28-25(10-7-21-42(28)32(44)30-27(36(37,38)39)12-6-20-40-30)31(43)41-22-18-35(47,19-23-41)26-11-4-5-13-29(26)48-24(2)14-17-34(33(45)46)15-8-16-34;7-3-6(8,9)5-1-4(10)2-11-5/h4-6,11-13,20,24-25,28,47H,3,7-10,14-19,21-23H2,1-2H3,(H,45,46);1-2,10H,3H2. The van der Waals surface area contributed by atoms with E-state index in [2.05, 4.69) is 4.98 Å². The largest absolute Gasteiger partial charge is 0.507 e. The molecule has 2 aliphatic heterocycles. The van der Waals surface area contributed by atoms with Crippen LogP contribution in [0.15, 0.2) is 54.0 Å². The summed E-state index contributed by atoms with van der Waals surface area (Å²) in [5.41, 5.74) is -3.04. The number of carbonyl (C=O) groups is 3. The first-order valence-corrected chi connectivity index (χ1v) is 20.8. The maximum absolute atomic E-state index is 14.0. The van der Waals surface area contributed by atoms with Crippen molar-refractivity contribution in [1.29, 1.82) is 0 Å². The molecule has 2 amide bonds. The van der Waals surface area contributed by atoms with Crippen molar-refractivity contribution in [3.63, 3.8) is 0 Å². The van der Waals surface area contributed by atoms with Gasteiger partial charge in [-0.2, -0.15) is 22.0 Å². The summed E-state index contributed by atoms with van der Waals surface area (Å²) in [7, 11) is 0. The Hall–Kier alpha value is -4.38. The number of carbonyl (C=O) groups excluding carboxylic acids is 2. The van der Waals surface area contributed by atoms with Crippen molar-refractivity contribution in [3.05, 3.63) is 75.7 Å². The fourth-order valence-corrected chi connectivity index (χ4v) is 8.99. The maximum Gasteiger partial charge on any atom is 0.418 e. The van der Waals surface area contributed by atoms with E-state index in [1.807, 2.05) is 32.0 Å². The van der Waals surface area contributed by atoms with Crippen LogP contribution in [-0.4, -0.2) is 86.3 Å². The van der Waals surface area contributed by atoms with Gasteiger partial charge in [-0.05, 0) is 89.0 Å². The SMILES string of the molecule is CCCC1C(C(=O)N2CCC(O)(c3ccccc3OC(C)CCC3(C(=O)O)CCC3)CC2)CCCN1C(=O)c1ncccc1C(F)(F)F.Oc1csc(C(F)(F)CF)c1. The lowest BCUT2D eigenvalue weighted by atomic mass is 9.66. The number of piperidine rings is 2. The van der Waals surface area contributed by atoms with Crippen LogP contribution in [0, 0.1) is 11.3 Å². The molecule has 3 unspecified atom stereocenters. The molecule has 1 aromatic carbocycles. The highest BCUT2D eigenvalue weighted by atomic mass is 32.1. The van der Waals surface area contributed by atoms with Gasteiger partial charge in [0.15, 0.2) is 6.67 Å². The summed E-state index contributed by atoms with van der Waals surface area (Å²) in [6.07, 6.45) is 2.15. The fourth-order valence-electron chi connectivity index (χ4n) is 8.26. The number of para-hydroxylation sites is 1. The summed E-state index contributed by atoms with van der Waals surface area (Å²) in [6, 6.07) is 9.57. The second-order valence-electron chi connectivity index (χ2n) is 15.8. The van der Waals surface area contributed by atoms with Gasteiger partial charge in [-0.15, -0.1) is 11.3 Å². The zero-order valence-electron chi connectivity index (χ0n) is 33.0. The number of carboxylic acids is 1. The van der Waals surface area contributed by atoms with E-state index in [0.717, 1.165) is 30.0 Å². The van der Waals surface area contributed by atoms with Gasteiger partial charge in [-0.25, -0.2) is 4.39 Å². The molecule has 1 aliphatic carbocycles. The Kier molecular flexibility index (Phi) is 14.6. The predicted molar refractivity (Wildman–Crippen MR) is 207 cm³/mol. The maximum atomic E-state index is 14.0. The molecular weight excluding hydrogens is 805 g/mol. The highest BCUT2D eigenvalue weighted by Crippen LogP contribution is 2.46. The molecule has 3 atom stereocenters. The number of carboxylic acid groups (broad SMARTS) is 1. The normalized spacial score (nSPS) is 20.8. The van der Waals surface area contributed by atoms with Crippen molar-refractivity contribution < 1.29 is 60.8 Å². The van der Waals surface area contributed by atoms with Crippen LogP contribution in [0.25, 0.3) is 0 Å². The molecule has 0 radical (unpaired) electrons. The molecule has 17 heteroatoms. The molecule has 10 nitrogen and oxygen atoms in total. The number of nitrogens with zero attached hydrogens (tertiary/aromatic N) is 3. The highest BCUT2D eigenvalue weighted by Gasteiger charge is 2.46. The van der Waals surface area contributed by atoms with E-state index in [1.165, 1.54) is 11.1 Å². The van der Waals surface area contributed by atoms with Gasteiger partial charge in [0, 0.05) is 42.8 Å². The number of aliphatic carboxylic acids is 1. The Balaban J connectivity index is 0.000000520. The van der Waals surface area contributed by atoms with Crippen LogP contribution in [0.1, 0.15) is 111 Å². The Morgan fingerprint density at radius 2 is 1.71 bits per heavy atom. The minimum Gasteiger partial charge on any atom is -0.507 e. The lowest BCUT2D eigenvalue weighted by Crippen LogP contribution is -2.55. The van der Waals surface area contributed by atoms with E-state index in [1.54, 1.807) is 11.0 Å². The fraction of sp³-hybridized carbons (Fsp3) is 0.571. The average Bonchev–Trinajstić information content (AvgIpc) is 3.64. The van der Waals surface area contributed by atoms with Gasteiger partial charge in [0.25, 0.3) is 5.91 Å². The molecule has 2 aromatic heterocycles. The molecule has 3 aromatic rings. The molecule has 3 aliphatic rings. The highest BCUT2D eigenvalue weighted by molar-refractivity contribution is 7.10. The van der Waals surface area contributed by atoms with E-state index in [0.29, 0.717) is 74.0 Å². The first kappa shape index (κ1) is 45.7. The van der Waals surface area contributed by atoms with Crippen molar-refractivity contribution in [3.8, 4) is 11.5 Å². The molecule has 2 saturated heterocycles. The number of ether oxygens (including phenoxy) is 1. The third kappa shape index (κ3) is 10.5. The van der Waals surface area contributed by atoms with Crippen molar-refractivity contribution >= 4 is 29.1 Å². The van der Waals surface area contributed by atoms with Gasteiger partial charge in [0.05, 0.1) is 33.5 Å². The zero-order valence-corrected chi connectivity index (χ0v) is 33.8. The number of aromatic hydroxyl groups is 1. The zero-order chi connectivity index (χ0) is 43.2. The molecule has 59 heavy (non-hydrogen) atoms. The Labute approximate surface area is 343 Å². The molecule has 0 spiro atoms. The molecule has 324 valence electrons. The van der Waals surface area contributed by atoms with Crippen LogP contribution < -0.4 is 4.74 Å². The minimum atomic E-state index is -4.74. The molecule has 4 heterocycles. The van der Waals surface area contributed by atoms with Gasteiger partial charge in [0.1, 0.15) is 17.2 Å². The number of pyridine rings is 1. The minimum absolute atomic E-state index is 0.161. The quantitative estimate of drug-likeness (QED) is 0.145. The van der Waals surface area contributed by atoms with Crippen molar-refractivity contribution in [2.45, 2.75) is 114 Å². The van der Waals surface area contributed by atoms with Crippen molar-refractivity contribution in [2.75, 3.05) is 26.3 Å². The van der Waals surface area contributed by atoms with Gasteiger partial charge in [-0.1, -0.05) is 38.0 Å². The summed E-state index contributed by atoms with van der Waals surface area (Å²) in [6.45, 7) is 2.86. The Bertz CT molecular complexity index is 1910. The number of hydrogen-bond acceptors (Lipinski definition) is 8. The Morgan fingerprint density at radius 1 is 1.02 bits per heavy atom. The van der Waals surface area contributed by atoms with Gasteiger partial charge >= 0.3 is 18.1 Å². The number of rotatable bonds is 13. The van der Waals surface area contributed by atoms with Crippen LogP contribution in [0.2, 0.25) is 0 Å². The lowest BCUT2D eigenvalue weighted by molar-refractivity contribution is -0.155. The first-order chi connectivity index (χ1) is 27.9. The third-order valence-corrected chi connectivity index (χ3v) is 12.8. The summed E-state index contributed by atoms with van der Waals surface area (Å²) in [4.78, 5) is 45.8. The number of amides is 2. The van der Waals surface area contributed by atoms with Crippen LogP contribution in [0.4, 0.5) is 26.3 Å². The van der Waals surface area contributed by atoms with Crippen LogP contribution in [0.5, 0.6) is 11.5 Å². The number of halogens is 6. The van der Waals surface area contributed by atoms with Crippen LogP contribution in [-0.2, 0) is 27.3 Å². The third-order valence-electron chi connectivity index (χ3n) is 11.8. The first-order valence-electron chi connectivity index (χ1n) is 19.9. The molecule has 6 rings (SSSR count). The second-order valence-corrected chi connectivity index (χ2v) is 16.7. The monoisotopic (exact) mass is 855 g/mol. The molecule has 0 bridgehead atoms. The molecule has 3 fully saturated rings. The van der Waals surface area contributed by atoms with Gasteiger partial charge in [0.2, 0.25) is 5.91 Å². The van der Waals surface area contributed by atoms with Gasteiger partial charge in [-0.3, -0.25) is 19.4 Å². The van der Waals surface area contributed by atoms with Crippen LogP contribution in [0.3, 0.4) is 0 Å². The summed E-state index contributed by atoms with van der Waals surface area (Å²) in [5.74, 6) is -5.48. The summed E-state index contributed by atoms with van der Waals surface area (Å²) < 4.78 is 84.0. The number of likely N-dealkylation sites (tertiary alicyclic amines) is 2. The number of aliphatic hydroxyl groups is 1. The topological polar surface area (TPSA) is 140 Å². The Morgan fingerprint density at radius 3 is 2.29 bits per heavy atom. The second kappa shape index (κ2) is 18.9. The number of aromatic nitrogens is 1. The van der Waals surface area contributed by atoms with E-state index in [-0.39, 0.29) is 50.2 Å². The van der Waals surface area contributed by atoms with Gasteiger partial charge < -0.3 is 29.9 Å². The van der Waals surface area contributed by atoms with E-state index >= 15 is 0 Å². The van der Waals surface area contributed by atoms with Crippen molar-refractivity contribution in [1.82, 2.24) is 14.8 Å². The molecule has 1 saturated carbocycles. The predicted octanol–water partition coefficient (Wildman–Crippen LogP) is 8.95. The number of alkyl halides is 6. The summed E-state index contributed by atoms with van der Waals surface area (Å²) >= 11 is 0.641. The smallest absolute Gasteiger partial charge is 0.418 e. The number of thiophene rings is 1. The van der Waals surface area contributed by atoms with Crippen molar-refractivity contribution in [2.24, 2.45) is 11.3 Å². The molecule has 3 N–H and O–H groups in total. The van der Waals surface area contributed by atoms with E-state index in [9.17, 15) is 50.9 Å².